The molecule has 3 nitrogen and oxygen atoms in total. The summed E-state index contributed by atoms with van der Waals surface area (Å²) < 4.78 is 5.57. The van der Waals surface area contributed by atoms with Crippen molar-refractivity contribution < 1.29 is 9.53 Å². The minimum Gasteiger partial charge on any atom is -0.374 e. The van der Waals surface area contributed by atoms with Gasteiger partial charge in [0, 0.05) is 5.69 Å². The minimum absolute atomic E-state index is 0.106. The fraction of sp³-hybridized carbons (Fsp3) is 0.278. The van der Waals surface area contributed by atoms with Crippen LogP contribution in [0, 0.1) is 0 Å². The number of hydrogen-bond donors (Lipinski definition) is 1. The van der Waals surface area contributed by atoms with E-state index in [1.807, 2.05) is 38.1 Å². The van der Waals surface area contributed by atoms with Gasteiger partial charge < -0.3 is 10.1 Å². The van der Waals surface area contributed by atoms with Crippen molar-refractivity contribution in [3.63, 3.8) is 0 Å². The molecule has 0 saturated heterocycles. The van der Waals surface area contributed by atoms with E-state index in [2.05, 4.69) is 5.32 Å². The molecule has 0 aliphatic carbocycles. The highest BCUT2D eigenvalue weighted by Gasteiger charge is 2.07. The molecule has 0 spiro atoms. The smallest absolute Gasteiger partial charge is 0.228 e. The summed E-state index contributed by atoms with van der Waals surface area (Å²) in [7, 11) is 0. The lowest BCUT2D eigenvalue weighted by molar-refractivity contribution is -0.115. The molecule has 122 valence electrons. The predicted molar refractivity (Wildman–Crippen MR) is 95.2 cm³/mol. The quantitative estimate of drug-likeness (QED) is 0.786. The molecule has 0 unspecified atom stereocenters. The Kier molecular flexibility index (Phi) is 6.46. The molecular weight excluding hydrogens is 333 g/mol. The first-order chi connectivity index (χ1) is 10.9. The highest BCUT2D eigenvalue weighted by molar-refractivity contribution is 6.42. The van der Waals surface area contributed by atoms with Crippen LogP contribution in [-0.2, 0) is 22.6 Å². The van der Waals surface area contributed by atoms with Crippen LogP contribution in [0.5, 0.6) is 0 Å². The highest BCUT2D eigenvalue weighted by Crippen LogP contribution is 2.23. The normalized spacial score (nSPS) is 10.8. The van der Waals surface area contributed by atoms with Gasteiger partial charge >= 0.3 is 0 Å². The first kappa shape index (κ1) is 17.8. The second kappa shape index (κ2) is 8.34. The van der Waals surface area contributed by atoms with Crippen molar-refractivity contribution in [3.05, 3.63) is 63.6 Å². The largest absolute Gasteiger partial charge is 0.374 e. The molecule has 0 atom stereocenters. The molecule has 0 aromatic heterocycles. The standard InChI is InChI=1S/C18H19Cl2NO2/c1-12(2)23-11-14-4-3-5-15(8-14)21-18(22)10-13-6-7-16(19)17(20)9-13/h3-9,12H,10-11H2,1-2H3,(H,21,22). The van der Waals surface area contributed by atoms with Crippen molar-refractivity contribution in [1.82, 2.24) is 0 Å². The molecule has 0 fully saturated rings. The van der Waals surface area contributed by atoms with E-state index in [0.29, 0.717) is 16.7 Å². The third-order valence-corrected chi connectivity index (χ3v) is 3.88. The van der Waals surface area contributed by atoms with Gasteiger partial charge in [0.2, 0.25) is 5.91 Å². The van der Waals surface area contributed by atoms with E-state index < -0.39 is 0 Å². The maximum Gasteiger partial charge on any atom is 0.228 e. The summed E-state index contributed by atoms with van der Waals surface area (Å²) in [5, 5.41) is 3.81. The van der Waals surface area contributed by atoms with Gasteiger partial charge in [-0.05, 0) is 49.2 Å². The van der Waals surface area contributed by atoms with Gasteiger partial charge in [-0.2, -0.15) is 0 Å². The van der Waals surface area contributed by atoms with Crippen LogP contribution >= 0.6 is 23.2 Å². The van der Waals surface area contributed by atoms with Crippen LogP contribution in [0.25, 0.3) is 0 Å². The molecular formula is C18H19Cl2NO2. The van der Waals surface area contributed by atoms with E-state index >= 15 is 0 Å². The van der Waals surface area contributed by atoms with E-state index in [9.17, 15) is 4.79 Å². The van der Waals surface area contributed by atoms with E-state index in [1.54, 1.807) is 18.2 Å². The average Bonchev–Trinajstić information content (AvgIpc) is 2.49. The zero-order chi connectivity index (χ0) is 16.8. The predicted octanol–water partition coefficient (Wildman–Crippen LogP) is 5.10. The number of rotatable bonds is 6. The Balaban J connectivity index is 1.96. The Morgan fingerprint density at radius 2 is 1.87 bits per heavy atom. The van der Waals surface area contributed by atoms with Gasteiger partial charge in [0.15, 0.2) is 0 Å². The zero-order valence-corrected chi connectivity index (χ0v) is 14.6. The summed E-state index contributed by atoms with van der Waals surface area (Å²) in [6.45, 7) is 4.50. The fourth-order valence-electron chi connectivity index (χ4n) is 2.04. The lowest BCUT2D eigenvalue weighted by atomic mass is 10.1. The Bertz CT molecular complexity index is 686. The summed E-state index contributed by atoms with van der Waals surface area (Å²) in [4.78, 5) is 12.1. The number of benzene rings is 2. The van der Waals surface area contributed by atoms with Crippen molar-refractivity contribution in [3.8, 4) is 0 Å². The summed E-state index contributed by atoms with van der Waals surface area (Å²) in [5.41, 5.74) is 2.59. The van der Waals surface area contributed by atoms with Crippen molar-refractivity contribution in [1.29, 1.82) is 0 Å². The molecule has 0 saturated carbocycles. The van der Waals surface area contributed by atoms with E-state index in [4.69, 9.17) is 27.9 Å². The van der Waals surface area contributed by atoms with E-state index in [0.717, 1.165) is 16.8 Å². The number of nitrogens with one attached hydrogen (secondary N) is 1. The number of halogens is 2. The first-order valence-electron chi connectivity index (χ1n) is 7.38. The van der Waals surface area contributed by atoms with Crippen LogP contribution in [0.2, 0.25) is 10.0 Å². The van der Waals surface area contributed by atoms with Gasteiger partial charge in [0.1, 0.15) is 0 Å². The zero-order valence-electron chi connectivity index (χ0n) is 13.1. The van der Waals surface area contributed by atoms with Crippen LogP contribution in [0.4, 0.5) is 5.69 Å². The number of carbonyl (C=O) groups is 1. The third kappa shape index (κ3) is 5.87. The molecule has 0 heterocycles. The van der Waals surface area contributed by atoms with Gasteiger partial charge in [-0.1, -0.05) is 41.4 Å². The topological polar surface area (TPSA) is 38.3 Å². The summed E-state index contributed by atoms with van der Waals surface area (Å²) in [6.07, 6.45) is 0.409. The molecule has 5 heteroatoms. The molecule has 23 heavy (non-hydrogen) atoms. The van der Waals surface area contributed by atoms with Crippen molar-refractivity contribution in [2.45, 2.75) is 33.0 Å². The summed E-state index contributed by atoms with van der Waals surface area (Å²) >= 11 is 11.8. The lowest BCUT2D eigenvalue weighted by Crippen LogP contribution is -2.14. The summed E-state index contributed by atoms with van der Waals surface area (Å²) in [6, 6.07) is 12.8. The molecule has 0 bridgehead atoms. The van der Waals surface area contributed by atoms with Gasteiger partial charge in [-0.3, -0.25) is 4.79 Å². The van der Waals surface area contributed by atoms with Crippen molar-refractivity contribution in [2.75, 3.05) is 5.32 Å². The van der Waals surface area contributed by atoms with Crippen LogP contribution in [0.3, 0.4) is 0 Å². The SMILES string of the molecule is CC(C)OCc1cccc(NC(=O)Cc2ccc(Cl)c(Cl)c2)c1. The second-order valence-electron chi connectivity index (χ2n) is 5.53. The number of anilines is 1. The van der Waals surface area contributed by atoms with Crippen LogP contribution < -0.4 is 5.32 Å². The van der Waals surface area contributed by atoms with E-state index in [-0.39, 0.29) is 18.4 Å². The molecule has 1 amide bonds. The maximum atomic E-state index is 12.1. The molecule has 2 rings (SSSR count). The molecule has 2 aromatic carbocycles. The van der Waals surface area contributed by atoms with Crippen LogP contribution in [-0.4, -0.2) is 12.0 Å². The fourth-order valence-corrected chi connectivity index (χ4v) is 2.36. The van der Waals surface area contributed by atoms with Gasteiger partial charge in [0.25, 0.3) is 0 Å². The molecule has 0 aliphatic rings. The lowest BCUT2D eigenvalue weighted by Gasteiger charge is -2.10. The number of carbonyl (C=O) groups excluding carboxylic acids is 1. The van der Waals surface area contributed by atoms with Crippen LogP contribution in [0.15, 0.2) is 42.5 Å². The second-order valence-corrected chi connectivity index (χ2v) is 6.35. The Labute approximate surface area is 146 Å². The average molecular weight is 352 g/mol. The maximum absolute atomic E-state index is 12.1. The minimum atomic E-state index is -0.106. The van der Waals surface area contributed by atoms with Crippen molar-refractivity contribution in [2.24, 2.45) is 0 Å². The Hall–Kier alpha value is -1.55. The van der Waals surface area contributed by atoms with Crippen LogP contribution in [0.1, 0.15) is 25.0 Å². The Morgan fingerprint density at radius 1 is 1.09 bits per heavy atom. The molecule has 0 radical (unpaired) electrons. The van der Waals surface area contributed by atoms with Gasteiger partial charge in [-0.25, -0.2) is 0 Å². The van der Waals surface area contributed by atoms with E-state index in [1.165, 1.54) is 0 Å². The number of amides is 1. The highest BCUT2D eigenvalue weighted by atomic mass is 35.5. The molecule has 1 N–H and O–H groups in total. The van der Waals surface area contributed by atoms with Gasteiger partial charge in [-0.15, -0.1) is 0 Å². The monoisotopic (exact) mass is 351 g/mol. The Morgan fingerprint density at radius 3 is 2.57 bits per heavy atom. The summed E-state index contributed by atoms with van der Waals surface area (Å²) in [5.74, 6) is -0.106. The molecule has 2 aromatic rings. The van der Waals surface area contributed by atoms with Crippen molar-refractivity contribution >= 4 is 34.8 Å². The third-order valence-electron chi connectivity index (χ3n) is 3.14. The molecule has 0 aliphatic heterocycles. The van der Waals surface area contributed by atoms with Gasteiger partial charge in [0.05, 0.1) is 29.2 Å². The number of ether oxygens (including phenoxy) is 1. The number of hydrogen-bond acceptors (Lipinski definition) is 2. The first-order valence-corrected chi connectivity index (χ1v) is 8.14.